The van der Waals surface area contributed by atoms with Crippen LogP contribution in [-0.4, -0.2) is 12.2 Å². The fourth-order valence-electron chi connectivity index (χ4n) is 1.68. The van der Waals surface area contributed by atoms with Gasteiger partial charge < -0.3 is 5.32 Å². The Morgan fingerprint density at radius 3 is 2.50 bits per heavy atom. The number of alkyl halides is 1. The van der Waals surface area contributed by atoms with Gasteiger partial charge in [0.2, 0.25) is 0 Å². The fraction of sp³-hybridized carbons (Fsp3) is 0.133. The molecule has 0 unspecified atom stereocenters. The molecule has 0 aromatic heterocycles. The number of halogens is 2. The molecule has 1 amide bonds. The van der Waals surface area contributed by atoms with Crippen LogP contribution in [0.25, 0.3) is 0 Å². The smallest absolute Gasteiger partial charge is 0.257 e. The zero-order valence-electron chi connectivity index (χ0n) is 10.8. The highest BCUT2D eigenvalue weighted by Gasteiger charge is 2.11. The van der Waals surface area contributed by atoms with Gasteiger partial charge in [-0.05, 0) is 42.2 Å². The lowest BCUT2D eigenvalue weighted by Gasteiger charge is -2.08. The maximum Gasteiger partial charge on any atom is 0.257 e. The van der Waals surface area contributed by atoms with Crippen LogP contribution in [0.1, 0.15) is 15.9 Å². The fourth-order valence-corrected chi connectivity index (χ4v) is 2.50. The molecule has 0 aliphatic rings. The molecule has 0 spiro atoms. The van der Waals surface area contributed by atoms with E-state index in [9.17, 15) is 4.79 Å². The maximum absolute atomic E-state index is 12.2. The first-order valence-corrected chi connectivity index (χ1v) is 8.07. The summed E-state index contributed by atoms with van der Waals surface area (Å²) in [5.74, 6) is 0.236. The number of benzene rings is 2. The molecule has 2 nitrogen and oxygen atoms in total. The summed E-state index contributed by atoms with van der Waals surface area (Å²) >= 11 is 13.4. The number of nitrogens with one attached hydrogen (secondary N) is 1. The average Bonchev–Trinajstić information content (AvgIpc) is 2.48. The molecule has 20 heavy (non-hydrogen) atoms. The molecule has 0 saturated heterocycles. The lowest BCUT2D eigenvalue weighted by molar-refractivity contribution is 0.102. The second-order valence-electron chi connectivity index (χ2n) is 4.13. The standard InChI is InChI=1S/C15H13Cl2NOS/c1-20-12-6-7-14(17)13(8-12)15(19)18-11-4-2-10(9-16)3-5-11/h2-8H,9H2,1H3,(H,18,19). The lowest BCUT2D eigenvalue weighted by Crippen LogP contribution is -2.12. The second kappa shape index (κ2) is 7.02. The second-order valence-corrected chi connectivity index (χ2v) is 5.68. The van der Waals surface area contributed by atoms with Gasteiger partial charge in [0.15, 0.2) is 0 Å². The van der Waals surface area contributed by atoms with Gasteiger partial charge >= 0.3 is 0 Å². The number of rotatable bonds is 4. The Bertz CT molecular complexity index is 614. The van der Waals surface area contributed by atoms with E-state index in [2.05, 4.69) is 5.32 Å². The Hall–Kier alpha value is -1.16. The van der Waals surface area contributed by atoms with Crippen molar-refractivity contribution in [2.45, 2.75) is 10.8 Å². The molecule has 5 heteroatoms. The van der Waals surface area contributed by atoms with Crippen molar-refractivity contribution in [2.75, 3.05) is 11.6 Å². The summed E-state index contributed by atoms with van der Waals surface area (Å²) in [5, 5.41) is 3.27. The number of anilines is 1. The molecule has 0 bridgehead atoms. The Kier molecular flexibility index (Phi) is 5.35. The predicted molar refractivity (Wildman–Crippen MR) is 87.2 cm³/mol. The largest absolute Gasteiger partial charge is 0.322 e. The van der Waals surface area contributed by atoms with Gasteiger partial charge in [0.05, 0.1) is 10.6 Å². The van der Waals surface area contributed by atoms with Crippen molar-refractivity contribution in [3.8, 4) is 0 Å². The van der Waals surface area contributed by atoms with Gasteiger partial charge in [-0.2, -0.15) is 0 Å². The summed E-state index contributed by atoms with van der Waals surface area (Å²) in [4.78, 5) is 13.2. The van der Waals surface area contributed by atoms with Crippen molar-refractivity contribution in [1.82, 2.24) is 0 Å². The summed E-state index contributed by atoms with van der Waals surface area (Å²) in [6.07, 6.45) is 1.95. The van der Waals surface area contributed by atoms with E-state index in [1.54, 1.807) is 23.9 Å². The first-order chi connectivity index (χ1) is 9.63. The predicted octanol–water partition coefficient (Wildman–Crippen LogP) is 5.05. The van der Waals surface area contributed by atoms with Crippen LogP contribution >= 0.6 is 35.0 Å². The highest BCUT2D eigenvalue weighted by atomic mass is 35.5. The van der Waals surface area contributed by atoms with E-state index in [1.165, 1.54) is 0 Å². The topological polar surface area (TPSA) is 29.1 Å². The molecule has 2 aromatic rings. The Morgan fingerprint density at radius 2 is 1.90 bits per heavy atom. The summed E-state index contributed by atoms with van der Waals surface area (Å²) in [6, 6.07) is 12.8. The van der Waals surface area contributed by atoms with Crippen molar-refractivity contribution in [3.63, 3.8) is 0 Å². The molecule has 0 heterocycles. The minimum absolute atomic E-state index is 0.218. The minimum Gasteiger partial charge on any atom is -0.322 e. The van der Waals surface area contributed by atoms with Crippen LogP contribution in [0.2, 0.25) is 5.02 Å². The molecule has 2 aromatic carbocycles. The van der Waals surface area contributed by atoms with Gasteiger partial charge in [0.1, 0.15) is 0 Å². The molecule has 0 aliphatic carbocycles. The van der Waals surface area contributed by atoms with Crippen LogP contribution < -0.4 is 5.32 Å². The van der Waals surface area contributed by atoms with E-state index < -0.39 is 0 Å². The third-order valence-corrected chi connectivity index (χ3v) is 4.15. The summed E-state index contributed by atoms with van der Waals surface area (Å²) in [7, 11) is 0. The number of carbonyl (C=O) groups is 1. The van der Waals surface area contributed by atoms with E-state index in [1.807, 2.05) is 36.6 Å². The molecule has 0 saturated carbocycles. The van der Waals surface area contributed by atoms with Gasteiger partial charge in [0.25, 0.3) is 5.91 Å². The lowest BCUT2D eigenvalue weighted by atomic mass is 10.2. The van der Waals surface area contributed by atoms with Gasteiger partial charge in [-0.15, -0.1) is 23.4 Å². The van der Waals surface area contributed by atoms with E-state index >= 15 is 0 Å². The van der Waals surface area contributed by atoms with E-state index in [-0.39, 0.29) is 5.91 Å². The van der Waals surface area contributed by atoms with Crippen molar-refractivity contribution >= 4 is 46.6 Å². The van der Waals surface area contributed by atoms with Crippen molar-refractivity contribution in [3.05, 3.63) is 58.6 Å². The van der Waals surface area contributed by atoms with Gasteiger partial charge in [-0.3, -0.25) is 4.79 Å². The zero-order chi connectivity index (χ0) is 14.5. The van der Waals surface area contributed by atoms with Crippen molar-refractivity contribution < 1.29 is 4.79 Å². The van der Waals surface area contributed by atoms with Crippen molar-refractivity contribution in [2.24, 2.45) is 0 Å². The Labute approximate surface area is 132 Å². The summed E-state index contributed by atoms with van der Waals surface area (Å²) in [6.45, 7) is 0. The first-order valence-electron chi connectivity index (χ1n) is 5.94. The molecule has 0 aliphatic heterocycles. The number of carbonyl (C=O) groups excluding carboxylic acids is 1. The molecule has 2 rings (SSSR count). The summed E-state index contributed by atoms with van der Waals surface area (Å²) in [5.41, 5.74) is 2.20. The van der Waals surface area contributed by atoms with Gasteiger partial charge in [-0.1, -0.05) is 23.7 Å². The van der Waals surface area contributed by atoms with Crippen molar-refractivity contribution in [1.29, 1.82) is 0 Å². The van der Waals surface area contributed by atoms with Gasteiger partial charge in [0, 0.05) is 16.5 Å². The maximum atomic E-state index is 12.2. The number of hydrogen-bond acceptors (Lipinski definition) is 2. The minimum atomic E-state index is -0.218. The molecule has 1 N–H and O–H groups in total. The molecule has 104 valence electrons. The first kappa shape index (κ1) is 15.2. The van der Waals surface area contributed by atoms with Crippen LogP contribution in [0.3, 0.4) is 0 Å². The monoisotopic (exact) mass is 325 g/mol. The van der Waals surface area contributed by atoms with E-state index in [0.29, 0.717) is 16.5 Å². The van der Waals surface area contributed by atoms with Crippen LogP contribution in [0.4, 0.5) is 5.69 Å². The van der Waals surface area contributed by atoms with E-state index in [4.69, 9.17) is 23.2 Å². The molecule has 0 radical (unpaired) electrons. The van der Waals surface area contributed by atoms with E-state index in [0.717, 1.165) is 16.1 Å². The Morgan fingerprint density at radius 1 is 1.20 bits per heavy atom. The molecule has 0 fully saturated rings. The normalized spacial score (nSPS) is 10.3. The zero-order valence-corrected chi connectivity index (χ0v) is 13.1. The number of amides is 1. The average molecular weight is 326 g/mol. The van der Waals surface area contributed by atoms with Crippen LogP contribution in [-0.2, 0) is 5.88 Å². The third-order valence-electron chi connectivity index (χ3n) is 2.78. The van der Waals surface area contributed by atoms with Crippen LogP contribution in [0.15, 0.2) is 47.4 Å². The highest BCUT2D eigenvalue weighted by Crippen LogP contribution is 2.24. The molecule has 0 atom stereocenters. The van der Waals surface area contributed by atoms with Crippen LogP contribution in [0, 0.1) is 0 Å². The van der Waals surface area contributed by atoms with Crippen LogP contribution in [0.5, 0.6) is 0 Å². The highest BCUT2D eigenvalue weighted by molar-refractivity contribution is 7.98. The third kappa shape index (κ3) is 3.69. The quantitative estimate of drug-likeness (QED) is 0.629. The van der Waals surface area contributed by atoms with Gasteiger partial charge in [-0.25, -0.2) is 0 Å². The summed E-state index contributed by atoms with van der Waals surface area (Å²) < 4.78 is 0. The SMILES string of the molecule is CSc1ccc(Cl)c(C(=O)Nc2ccc(CCl)cc2)c1. The Balaban J connectivity index is 2.18. The molecular formula is C15H13Cl2NOS. The number of thioether (sulfide) groups is 1. The number of hydrogen-bond donors (Lipinski definition) is 1. The molecular weight excluding hydrogens is 313 g/mol.